The second kappa shape index (κ2) is 6.21. The summed E-state index contributed by atoms with van der Waals surface area (Å²) in [5, 5.41) is 16.5. The Morgan fingerprint density at radius 3 is 2.68 bits per heavy atom. The van der Waals surface area contributed by atoms with Gasteiger partial charge >= 0.3 is 5.97 Å². The molecule has 1 unspecified atom stereocenters. The summed E-state index contributed by atoms with van der Waals surface area (Å²) in [7, 11) is 0. The molecule has 156 valence electrons. The summed E-state index contributed by atoms with van der Waals surface area (Å²) in [4.78, 5) is 26.6. The van der Waals surface area contributed by atoms with Crippen LogP contribution in [-0.2, 0) is 16.8 Å². The van der Waals surface area contributed by atoms with Gasteiger partial charge in [-0.3, -0.25) is 4.79 Å². The van der Waals surface area contributed by atoms with Crippen molar-refractivity contribution in [1.82, 2.24) is 15.0 Å². The minimum absolute atomic E-state index is 0.107. The fraction of sp³-hybridized carbons (Fsp3) is 0.238. The van der Waals surface area contributed by atoms with Crippen LogP contribution in [0.15, 0.2) is 42.6 Å². The van der Waals surface area contributed by atoms with Crippen LogP contribution in [-0.4, -0.2) is 51.9 Å². The van der Waals surface area contributed by atoms with E-state index in [0.717, 1.165) is 16.8 Å². The van der Waals surface area contributed by atoms with Crippen molar-refractivity contribution in [2.45, 2.75) is 12.0 Å². The SMILES string of the molecule is O=C(O)c1cn(CCN2C(=O)C3(COc4cc5c(cc43)OCO5)c3ccccc32)nn1. The Bertz CT molecular complexity index is 1250. The summed E-state index contributed by atoms with van der Waals surface area (Å²) in [6.07, 6.45) is 1.35. The van der Waals surface area contributed by atoms with Crippen LogP contribution in [0.1, 0.15) is 21.6 Å². The highest BCUT2D eigenvalue weighted by Crippen LogP contribution is 2.54. The molecule has 31 heavy (non-hydrogen) atoms. The molecule has 0 radical (unpaired) electrons. The molecule has 10 heteroatoms. The number of hydrogen-bond acceptors (Lipinski definition) is 7. The number of anilines is 1. The summed E-state index contributed by atoms with van der Waals surface area (Å²) in [6, 6.07) is 11.2. The van der Waals surface area contributed by atoms with Crippen LogP contribution in [0.3, 0.4) is 0 Å². The van der Waals surface area contributed by atoms with E-state index in [1.165, 1.54) is 10.9 Å². The Labute approximate surface area is 175 Å². The van der Waals surface area contributed by atoms with Crippen LogP contribution in [0.5, 0.6) is 17.2 Å². The van der Waals surface area contributed by atoms with Crippen LogP contribution >= 0.6 is 0 Å². The number of aromatic nitrogens is 3. The molecule has 0 bridgehead atoms. The van der Waals surface area contributed by atoms with E-state index >= 15 is 0 Å². The maximum Gasteiger partial charge on any atom is 0.358 e. The minimum Gasteiger partial charge on any atom is -0.491 e. The van der Waals surface area contributed by atoms with Gasteiger partial charge in [0.05, 0.1) is 12.7 Å². The standard InChI is InChI=1S/C21H16N4O6/c26-19(27)14-9-24(23-22-14)5-6-25-15-4-2-1-3-12(15)21(20(25)28)10-29-16-8-18-17(7-13(16)21)30-11-31-18/h1-4,7-9H,5-6,10-11H2,(H,26,27). The van der Waals surface area contributed by atoms with Gasteiger partial charge in [0.2, 0.25) is 12.7 Å². The molecular formula is C21H16N4O6. The van der Waals surface area contributed by atoms with E-state index in [2.05, 4.69) is 10.3 Å². The lowest BCUT2D eigenvalue weighted by Crippen LogP contribution is -2.43. The Hall–Kier alpha value is -4.08. The van der Waals surface area contributed by atoms with E-state index < -0.39 is 11.4 Å². The highest BCUT2D eigenvalue weighted by molar-refractivity contribution is 6.11. The average Bonchev–Trinajstić information content (AvgIpc) is 3.53. The Kier molecular flexibility index (Phi) is 3.55. The third-order valence-electron chi connectivity index (χ3n) is 5.95. The highest BCUT2D eigenvalue weighted by Gasteiger charge is 2.57. The number of carbonyl (C=O) groups excluding carboxylic acids is 1. The molecule has 1 spiro atoms. The zero-order chi connectivity index (χ0) is 21.2. The summed E-state index contributed by atoms with van der Waals surface area (Å²) >= 11 is 0. The first-order chi connectivity index (χ1) is 15.1. The fourth-order valence-electron chi connectivity index (χ4n) is 4.49. The van der Waals surface area contributed by atoms with Crippen molar-refractivity contribution in [3.05, 3.63) is 59.4 Å². The van der Waals surface area contributed by atoms with Gasteiger partial charge in [-0.1, -0.05) is 23.4 Å². The highest BCUT2D eigenvalue weighted by atomic mass is 16.7. The van der Waals surface area contributed by atoms with E-state index in [0.29, 0.717) is 30.3 Å². The number of carboxylic acids is 1. The van der Waals surface area contributed by atoms with E-state index in [-0.39, 0.29) is 25.0 Å². The summed E-state index contributed by atoms with van der Waals surface area (Å²) in [6.45, 7) is 0.924. The summed E-state index contributed by atoms with van der Waals surface area (Å²) < 4.78 is 18.3. The van der Waals surface area contributed by atoms with Gasteiger partial charge in [0.15, 0.2) is 17.2 Å². The number of rotatable bonds is 4. The van der Waals surface area contributed by atoms with Crippen LogP contribution < -0.4 is 19.1 Å². The molecule has 3 aliphatic rings. The second-order valence-electron chi connectivity index (χ2n) is 7.54. The molecule has 0 aliphatic carbocycles. The monoisotopic (exact) mass is 420 g/mol. The number of aromatic carboxylic acids is 1. The lowest BCUT2D eigenvalue weighted by molar-refractivity contribution is -0.122. The van der Waals surface area contributed by atoms with E-state index in [4.69, 9.17) is 19.3 Å². The number of carbonyl (C=O) groups is 2. The van der Waals surface area contributed by atoms with Crippen molar-refractivity contribution in [1.29, 1.82) is 0 Å². The molecule has 3 aliphatic heterocycles. The quantitative estimate of drug-likeness (QED) is 0.674. The van der Waals surface area contributed by atoms with Gasteiger partial charge in [-0.15, -0.1) is 5.10 Å². The lowest BCUT2D eigenvalue weighted by atomic mass is 9.77. The number of hydrogen-bond donors (Lipinski definition) is 1. The van der Waals surface area contributed by atoms with Crippen molar-refractivity contribution in [3.63, 3.8) is 0 Å². The number of amides is 1. The van der Waals surface area contributed by atoms with Crippen molar-refractivity contribution in [2.75, 3.05) is 24.8 Å². The van der Waals surface area contributed by atoms with Gasteiger partial charge < -0.3 is 24.2 Å². The van der Waals surface area contributed by atoms with E-state index in [1.54, 1.807) is 11.0 Å². The van der Waals surface area contributed by atoms with Crippen LogP contribution in [0.4, 0.5) is 5.69 Å². The van der Waals surface area contributed by atoms with Gasteiger partial charge in [0, 0.05) is 23.9 Å². The number of para-hydroxylation sites is 1. The average molecular weight is 420 g/mol. The van der Waals surface area contributed by atoms with Gasteiger partial charge in [-0.05, 0) is 17.7 Å². The first kappa shape index (κ1) is 17.8. The zero-order valence-corrected chi connectivity index (χ0v) is 16.1. The third kappa shape index (κ3) is 2.38. The molecule has 6 rings (SSSR count). The van der Waals surface area contributed by atoms with Crippen molar-refractivity contribution < 1.29 is 28.9 Å². The number of benzene rings is 2. The van der Waals surface area contributed by atoms with Crippen molar-refractivity contribution >= 4 is 17.6 Å². The smallest absolute Gasteiger partial charge is 0.358 e. The molecule has 10 nitrogen and oxygen atoms in total. The lowest BCUT2D eigenvalue weighted by Gasteiger charge is -2.23. The first-order valence-corrected chi connectivity index (χ1v) is 9.70. The van der Waals surface area contributed by atoms with Gasteiger partial charge in [-0.2, -0.15) is 0 Å². The second-order valence-corrected chi connectivity index (χ2v) is 7.54. The largest absolute Gasteiger partial charge is 0.491 e. The number of nitrogens with zero attached hydrogens (tertiary/aromatic N) is 4. The molecule has 1 amide bonds. The Morgan fingerprint density at radius 1 is 1.06 bits per heavy atom. The molecule has 0 saturated heterocycles. The molecule has 0 fully saturated rings. The Balaban J connectivity index is 1.38. The van der Waals surface area contributed by atoms with Crippen molar-refractivity contribution in [2.24, 2.45) is 0 Å². The maximum absolute atomic E-state index is 13.8. The molecular weight excluding hydrogens is 404 g/mol. The predicted octanol–water partition coefficient (Wildman–Crippen LogP) is 1.43. The topological polar surface area (TPSA) is 116 Å². The molecule has 4 heterocycles. The van der Waals surface area contributed by atoms with Gasteiger partial charge in [0.1, 0.15) is 17.8 Å². The molecule has 0 saturated carbocycles. The summed E-state index contributed by atoms with van der Waals surface area (Å²) in [5.74, 6) is 0.552. The van der Waals surface area contributed by atoms with Crippen LogP contribution in [0, 0.1) is 0 Å². The third-order valence-corrected chi connectivity index (χ3v) is 5.95. The Morgan fingerprint density at radius 2 is 1.87 bits per heavy atom. The maximum atomic E-state index is 13.8. The molecule has 2 aromatic carbocycles. The van der Waals surface area contributed by atoms with Crippen molar-refractivity contribution in [3.8, 4) is 17.2 Å². The summed E-state index contributed by atoms with van der Waals surface area (Å²) in [5.41, 5.74) is 1.30. The molecule has 3 aromatic rings. The van der Waals surface area contributed by atoms with Crippen LogP contribution in [0.2, 0.25) is 0 Å². The normalized spacial score (nSPS) is 20.1. The zero-order valence-electron chi connectivity index (χ0n) is 16.1. The minimum atomic E-state index is -1.15. The predicted molar refractivity (Wildman–Crippen MR) is 105 cm³/mol. The fourth-order valence-corrected chi connectivity index (χ4v) is 4.49. The number of fused-ring (bicyclic) bond motifs is 5. The molecule has 1 N–H and O–H groups in total. The molecule has 1 aromatic heterocycles. The van der Waals surface area contributed by atoms with Gasteiger partial charge in [0.25, 0.3) is 0 Å². The van der Waals surface area contributed by atoms with Gasteiger partial charge in [-0.25, -0.2) is 9.48 Å². The molecule has 1 atom stereocenters. The van der Waals surface area contributed by atoms with Crippen LogP contribution in [0.25, 0.3) is 0 Å². The number of carboxylic acid groups (broad SMARTS) is 1. The first-order valence-electron chi connectivity index (χ1n) is 9.70. The van der Waals surface area contributed by atoms with E-state index in [1.807, 2.05) is 30.3 Å². The van der Waals surface area contributed by atoms with E-state index in [9.17, 15) is 9.59 Å². The number of ether oxygens (including phenoxy) is 3.